The second-order valence-electron chi connectivity index (χ2n) is 8.10. The normalized spacial score (nSPS) is 13.3. The van der Waals surface area contributed by atoms with E-state index in [2.05, 4.69) is 5.32 Å². The first-order valence-electron chi connectivity index (χ1n) is 11.2. The first-order valence-corrected chi connectivity index (χ1v) is 13.0. The maximum absolute atomic E-state index is 13.4. The smallest absolute Gasteiger partial charge is 0.244 e. The molecule has 0 bridgehead atoms. The van der Waals surface area contributed by atoms with Gasteiger partial charge in [0.1, 0.15) is 12.6 Å². The maximum atomic E-state index is 13.4. The lowest BCUT2D eigenvalue weighted by Crippen LogP contribution is -2.52. The number of rotatable bonds is 11. The third-order valence-electron chi connectivity index (χ3n) is 5.52. The highest BCUT2D eigenvalue weighted by Crippen LogP contribution is 2.36. The lowest BCUT2D eigenvalue weighted by Gasteiger charge is -2.31. The number of ether oxygens (including phenoxy) is 2. The zero-order valence-corrected chi connectivity index (χ0v) is 20.5. The lowest BCUT2D eigenvalue weighted by atomic mass is 10.1. The van der Waals surface area contributed by atoms with Crippen molar-refractivity contribution in [2.75, 3.05) is 37.0 Å². The van der Waals surface area contributed by atoms with Gasteiger partial charge in [0.05, 0.1) is 11.9 Å². The van der Waals surface area contributed by atoms with E-state index in [1.165, 1.54) is 11.0 Å². The molecule has 0 aromatic heterocycles. The highest BCUT2D eigenvalue weighted by atomic mass is 32.2. The van der Waals surface area contributed by atoms with E-state index in [9.17, 15) is 18.0 Å². The summed E-state index contributed by atoms with van der Waals surface area (Å²) in [7, 11) is -3.80. The number of hydrogen-bond acceptors (Lipinski definition) is 6. The minimum atomic E-state index is -3.80. The van der Waals surface area contributed by atoms with Crippen molar-refractivity contribution in [3.8, 4) is 11.5 Å². The molecule has 0 saturated carbocycles. The van der Waals surface area contributed by atoms with Gasteiger partial charge in [0.15, 0.2) is 11.5 Å². The molecule has 1 aliphatic heterocycles. The van der Waals surface area contributed by atoms with Crippen LogP contribution in [-0.4, -0.2) is 63.9 Å². The lowest BCUT2D eigenvalue weighted by molar-refractivity contribution is -0.138. The van der Waals surface area contributed by atoms with E-state index in [0.29, 0.717) is 24.5 Å². The quantitative estimate of drug-likeness (QED) is 0.519. The zero-order valence-electron chi connectivity index (χ0n) is 19.7. The number of hydrogen-bond donors (Lipinski definition) is 1. The molecule has 0 spiro atoms. The van der Waals surface area contributed by atoms with Crippen LogP contribution in [-0.2, 0) is 26.0 Å². The summed E-state index contributed by atoms with van der Waals surface area (Å²) in [4.78, 5) is 27.5. The van der Waals surface area contributed by atoms with Crippen molar-refractivity contribution in [1.29, 1.82) is 0 Å². The third kappa shape index (κ3) is 6.40. The second-order valence-corrected chi connectivity index (χ2v) is 10.0. The van der Waals surface area contributed by atoms with E-state index in [0.717, 1.165) is 22.5 Å². The molecular weight excluding hydrogens is 458 g/mol. The number of carbonyl (C=O) groups excluding carboxylic acids is 2. The Morgan fingerprint density at radius 1 is 1.09 bits per heavy atom. The van der Waals surface area contributed by atoms with Crippen LogP contribution in [0.2, 0.25) is 0 Å². The summed E-state index contributed by atoms with van der Waals surface area (Å²) in [5.41, 5.74) is 1.29. The van der Waals surface area contributed by atoms with Gasteiger partial charge in [0.2, 0.25) is 28.6 Å². The average Bonchev–Trinajstić information content (AvgIpc) is 3.28. The van der Waals surface area contributed by atoms with Crippen LogP contribution >= 0.6 is 0 Å². The van der Waals surface area contributed by atoms with Crippen molar-refractivity contribution in [3.05, 3.63) is 54.1 Å². The zero-order chi connectivity index (χ0) is 24.7. The number of nitrogens with one attached hydrogen (secondary N) is 1. The molecule has 1 heterocycles. The number of anilines is 1. The largest absolute Gasteiger partial charge is 0.454 e. The summed E-state index contributed by atoms with van der Waals surface area (Å²) < 4.78 is 36.9. The van der Waals surface area contributed by atoms with Crippen LogP contribution in [0.5, 0.6) is 11.5 Å². The van der Waals surface area contributed by atoms with Gasteiger partial charge in [-0.1, -0.05) is 37.3 Å². The van der Waals surface area contributed by atoms with Gasteiger partial charge >= 0.3 is 0 Å². The van der Waals surface area contributed by atoms with Gasteiger partial charge in [-0.25, -0.2) is 8.42 Å². The molecule has 9 nitrogen and oxygen atoms in total. The Bertz CT molecular complexity index is 1110. The van der Waals surface area contributed by atoms with Gasteiger partial charge < -0.3 is 19.7 Å². The summed E-state index contributed by atoms with van der Waals surface area (Å²) in [6.07, 6.45) is 2.33. The standard InChI is InChI=1S/C24H31N3O6S/c1-4-13-25-24(29)18(2)26(14-12-19-8-6-5-7-9-19)23(28)16-27(34(3,30)31)20-10-11-21-22(15-20)33-17-32-21/h5-11,15,18H,4,12-14,16-17H2,1-3H3,(H,25,29)/t18-/m1/s1. The Balaban J connectivity index is 1.84. The summed E-state index contributed by atoms with van der Waals surface area (Å²) in [5, 5.41) is 2.81. The Morgan fingerprint density at radius 2 is 1.79 bits per heavy atom. The van der Waals surface area contributed by atoms with E-state index in [1.807, 2.05) is 37.3 Å². The van der Waals surface area contributed by atoms with E-state index in [-0.39, 0.29) is 24.9 Å². The number of benzene rings is 2. The predicted molar refractivity (Wildman–Crippen MR) is 129 cm³/mol. The molecule has 184 valence electrons. The summed E-state index contributed by atoms with van der Waals surface area (Å²) in [6.45, 7) is 3.96. The minimum absolute atomic E-state index is 0.0498. The van der Waals surface area contributed by atoms with Crippen LogP contribution < -0.4 is 19.1 Å². The SMILES string of the molecule is CCCNC(=O)[C@@H](C)N(CCc1ccccc1)C(=O)CN(c1ccc2c(c1)OCO2)S(C)(=O)=O. The minimum Gasteiger partial charge on any atom is -0.454 e. The van der Waals surface area contributed by atoms with Crippen LogP contribution in [0.3, 0.4) is 0 Å². The molecule has 0 unspecified atom stereocenters. The Morgan fingerprint density at radius 3 is 2.47 bits per heavy atom. The van der Waals surface area contributed by atoms with Crippen molar-refractivity contribution in [2.45, 2.75) is 32.7 Å². The van der Waals surface area contributed by atoms with Crippen LogP contribution in [0.15, 0.2) is 48.5 Å². The fourth-order valence-corrected chi connectivity index (χ4v) is 4.46. The molecule has 2 aromatic carbocycles. The molecule has 2 amide bonds. The molecule has 0 fully saturated rings. The third-order valence-corrected chi connectivity index (χ3v) is 6.66. The monoisotopic (exact) mass is 489 g/mol. The van der Waals surface area contributed by atoms with Crippen LogP contribution in [0, 0.1) is 0 Å². The molecule has 34 heavy (non-hydrogen) atoms. The van der Waals surface area contributed by atoms with Crippen molar-refractivity contribution in [1.82, 2.24) is 10.2 Å². The van der Waals surface area contributed by atoms with E-state index < -0.39 is 28.5 Å². The van der Waals surface area contributed by atoms with Crippen LogP contribution in [0.4, 0.5) is 5.69 Å². The van der Waals surface area contributed by atoms with E-state index in [4.69, 9.17) is 9.47 Å². The summed E-state index contributed by atoms with van der Waals surface area (Å²) in [5.74, 6) is 0.163. The summed E-state index contributed by atoms with van der Waals surface area (Å²) in [6, 6.07) is 13.5. The van der Waals surface area contributed by atoms with Crippen molar-refractivity contribution < 1.29 is 27.5 Å². The molecule has 0 saturated heterocycles. The molecule has 0 radical (unpaired) electrons. The number of nitrogens with zero attached hydrogens (tertiary/aromatic N) is 2. The van der Waals surface area contributed by atoms with Gasteiger partial charge in [-0.3, -0.25) is 13.9 Å². The Labute approximate surface area is 200 Å². The van der Waals surface area contributed by atoms with Gasteiger partial charge in [0.25, 0.3) is 0 Å². The van der Waals surface area contributed by atoms with Gasteiger partial charge in [-0.05, 0) is 37.5 Å². The molecule has 0 aliphatic carbocycles. The Hall–Kier alpha value is -3.27. The molecule has 1 N–H and O–H groups in total. The van der Waals surface area contributed by atoms with Crippen molar-refractivity contribution >= 4 is 27.5 Å². The highest BCUT2D eigenvalue weighted by Gasteiger charge is 2.30. The molecule has 1 atom stereocenters. The second kappa shape index (κ2) is 11.2. The van der Waals surface area contributed by atoms with Crippen LogP contribution in [0.25, 0.3) is 0 Å². The first-order chi connectivity index (χ1) is 16.2. The van der Waals surface area contributed by atoms with Crippen molar-refractivity contribution in [3.63, 3.8) is 0 Å². The van der Waals surface area contributed by atoms with Gasteiger partial charge in [-0.2, -0.15) is 0 Å². The fourth-order valence-electron chi connectivity index (χ4n) is 3.62. The fraction of sp³-hybridized carbons (Fsp3) is 0.417. The van der Waals surface area contributed by atoms with E-state index >= 15 is 0 Å². The molecule has 1 aliphatic rings. The number of carbonyl (C=O) groups is 2. The topological polar surface area (TPSA) is 105 Å². The number of amides is 2. The highest BCUT2D eigenvalue weighted by molar-refractivity contribution is 7.92. The van der Waals surface area contributed by atoms with Gasteiger partial charge in [-0.15, -0.1) is 0 Å². The number of sulfonamides is 1. The summed E-state index contributed by atoms with van der Waals surface area (Å²) >= 11 is 0. The van der Waals surface area contributed by atoms with Gasteiger partial charge in [0, 0.05) is 19.2 Å². The molecule has 3 rings (SSSR count). The number of fused-ring (bicyclic) bond motifs is 1. The average molecular weight is 490 g/mol. The molecule has 10 heteroatoms. The van der Waals surface area contributed by atoms with Crippen LogP contribution in [0.1, 0.15) is 25.8 Å². The van der Waals surface area contributed by atoms with Crippen molar-refractivity contribution in [2.24, 2.45) is 0 Å². The molecule has 2 aromatic rings. The van der Waals surface area contributed by atoms with E-state index in [1.54, 1.807) is 19.1 Å². The first kappa shape index (κ1) is 25.4. The Kier molecular flexibility index (Phi) is 8.38. The predicted octanol–water partition coefficient (Wildman–Crippen LogP) is 2.17. The maximum Gasteiger partial charge on any atom is 0.244 e. The molecular formula is C24H31N3O6S.